The van der Waals surface area contributed by atoms with E-state index in [4.69, 9.17) is 5.11 Å². The molecular formula is C39H57F3N6O11. The lowest BCUT2D eigenvalue weighted by atomic mass is 9.85. The average Bonchev–Trinajstić information content (AvgIpc) is 3.09. The number of aliphatic carboxylic acids is 2. The first-order chi connectivity index (χ1) is 27.1. The summed E-state index contributed by atoms with van der Waals surface area (Å²) < 4.78 is 39.0. The number of aldehydes is 1. The molecule has 0 saturated carbocycles. The third-order valence-corrected chi connectivity index (χ3v) is 8.86. The predicted octanol–water partition coefficient (Wildman–Crippen LogP) is 1.69. The molecule has 6 atom stereocenters. The minimum absolute atomic E-state index is 0.0480. The van der Waals surface area contributed by atoms with E-state index in [-0.39, 0.29) is 25.0 Å². The van der Waals surface area contributed by atoms with Crippen molar-refractivity contribution >= 4 is 53.7 Å². The number of alkyl halides is 3. The molecule has 17 nitrogen and oxygen atoms in total. The molecule has 6 amide bonds. The molecule has 0 aliphatic rings. The smallest absolute Gasteiger partial charge is 0.391 e. The van der Waals surface area contributed by atoms with Crippen LogP contribution in [0.2, 0.25) is 0 Å². The topological polar surface area (TPSA) is 266 Å². The van der Waals surface area contributed by atoms with Crippen LogP contribution < -0.4 is 31.9 Å². The Morgan fingerprint density at radius 2 is 1.25 bits per heavy atom. The average molecular weight is 843 g/mol. The molecule has 0 saturated heterocycles. The molecule has 1 unspecified atom stereocenters. The second kappa shape index (κ2) is 23.1. The summed E-state index contributed by atoms with van der Waals surface area (Å²) in [4.78, 5) is 114. The van der Waals surface area contributed by atoms with Gasteiger partial charge in [0.05, 0.1) is 25.3 Å². The number of carboxylic acids is 2. The number of hydrogen-bond donors (Lipinski definition) is 8. The van der Waals surface area contributed by atoms with Crippen molar-refractivity contribution in [1.82, 2.24) is 31.9 Å². The summed E-state index contributed by atoms with van der Waals surface area (Å²) in [7, 11) is 0. The van der Waals surface area contributed by atoms with Gasteiger partial charge in [0, 0.05) is 12.8 Å². The first kappa shape index (κ1) is 51.5. The van der Waals surface area contributed by atoms with Crippen LogP contribution in [0.4, 0.5) is 13.2 Å². The van der Waals surface area contributed by atoms with Crippen molar-refractivity contribution < 1.29 is 66.5 Å². The molecule has 0 aromatic heterocycles. The molecule has 0 radical (unpaired) electrons. The van der Waals surface area contributed by atoms with Gasteiger partial charge in [0.15, 0.2) is 0 Å². The van der Waals surface area contributed by atoms with Crippen LogP contribution in [0.15, 0.2) is 24.3 Å². The maximum atomic E-state index is 14.2. The number of benzene rings is 1. The Morgan fingerprint density at radius 1 is 0.695 bits per heavy atom. The second-order valence-electron chi connectivity index (χ2n) is 16.1. The lowest BCUT2D eigenvalue weighted by molar-refractivity contribution is -0.147. The molecular weight excluding hydrogens is 785 g/mol. The summed E-state index contributed by atoms with van der Waals surface area (Å²) in [6, 6.07) is -2.38. The van der Waals surface area contributed by atoms with Gasteiger partial charge in [-0.25, -0.2) is 0 Å². The quantitative estimate of drug-likeness (QED) is 0.0735. The number of carbonyl (C=O) groups is 9. The summed E-state index contributed by atoms with van der Waals surface area (Å²) in [5.41, 5.74) is 0.271. The van der Waals surface area contributed by atoms with E-state index in [0.717, 1.165) is 5.56 Å². The number of carboxylic acid groups (broad SMARTS) is 2. The molecule has 0 aliphatic carbocycles. The predicted molar refractivity (Wildman–Crippen MR) is 206 cm³/mol. The second-order valence-corrected chi connectivity index (χ2v) is 16.1. The molecule has 8 N–H and O–H groups in total. The van der Waals surface area contributed by atoms with E-state index in [1.165, 1.54) is 0 Å². The number of nitrogens with one attached hydrogen (secondary N) is 6. The molecule has 330 valence electrons. The fraction of sp³-hybridized carbons (Fsp3) is 0.615. The largest absolute Gasteiger partial charge is 0.481 e. The summed E-state index contributed by atoms with van der Waals surface area (Å²) in [6.45, 7) is 13.0. The Balaban J connectivity index is 3.49. The Labute approximate surface area is 340 Å². The number of hydrogen-bond acceptors (Lipinski definition) is 9. The van der Waals surface area contributed by atoms with E-state index in [1.54, 1.807) is 79.7 Å². The molecule has 1 rings (SSSR count). The highest BCUT2D eigenvalue weighted by Gasteiger charge is 2.39. The number of amides is 6. The third-order valence-electron chi connectivity index (χ3n) is 8.86. The zero-order valence-electron chi connectivity index (χ0n) is 34.5. The van der Waals surface area contributed by atoms with E-state index in [9.17, 15) is 61.4 Å². The van der Waals surface area contributed by atoms with E-state index in [1.807, 2.05) is 5.32 Å². The monoisotopic (exact) mass is 842 g/mol. The van der Waals surface area contributed by atoms with E-state index < -0.39 is 127 Å². The fourth-order valence-electron chi connectivity index (χ4n) is 5.73. The maximum Gasteiger partial charge on any atom is 0.391 e. The van der Waals surface area contributed by atoms with Crippen LogP contribution in [0.25, 0.3) is 0 Å². The summed E-state index contributed by atoms with van der Waals surface area (Å²) in [5.74, 6) is -9.45. The molecule has 0 bridgehead atoms. The highest BCUT2D eigenvalue weighted by molar-refractivity contribution is 5.97. The first-order valence-corrected chi connectivity index (χ1v) is 19.0. The first-order valence-electron chi connectivity index (χ1n) is 19.0. The molecule has 59 heavy (non-hydrogen) atoms. The molecule has 0 spiro atoms. The van der Waals surface area contributed by atoms with Crippen LogP contribution in [0, 0.1) is 24.2 Å². The number of halogens is 3. The van der Waals surface area contributed by atoms with Crippen LogP contribution in [-0.2, 0) is 49.6 Å². The van der Waals surface area contributed by atoms with Crippen LogP contribution in [0.3, 0.4) is 0 Å². The van der Waals surface area contributed by atoms with Crippen molar-refractivity contribution in [3.05, 3.63) is 35.4 Å². The van der Waals surface area contributed by atoms with E-state index >= 15 is 0 Å². The fourth-order valence-corrected chi connectivity index (χ4v) is 5.73. The summed E-state index contributed by atoms with van der Waals surface area (Å²) in [5, 5.41) is 32.6. The Bertz CT molecular complexity index is 1680. The van der Waals surface area contributed by atoms with Crippen molar-refractivity contribution in [2.24, 2.45) is 17.3 Å². The molecule has 20 heteroatoms. The van der Waals surface area contributed by atoms with Gasteiger partial charge in [0.1, 0.15) is 36.5 Å². The van der Waals surface area contributed by atoms with Crippen LogP contribution >= 0.6 is 0 Å². The standard InChI is InChI=1S/C39H57F3N6O11/c1-20(2)15-25(33(55)43-24(19-49)18-39(40,41)42)46-37(59)32(38(6,7)8)48-35(57)26(16-23-12-10-9-11-22(23)5)45-36(58)31(21(3)4)47-34(56)27(17-30(53)54)44-28(50)13-14-29(51)52/h9-12,19-21,24-27,31-32H,13-18H2,1-8H3,(H,43,55)(H,44,50)(H,45,58)(H,46,59)(H,47,56)(H,48,57)(H,51,52)(H,53,54)/t24?,25-,26-,27-,31-,32+/m0/s1. The molecule has 0 heterocycles. The van der Waals surface area contributed by atoms with Crippen LogP contribution in [-0.4, -0.2) is 106 Å². The molecule has 0 fully saturated rings. The normalized spacial score (nSPS) is 14.7. The minimum Gasteiger partial charge on any atom is -0.481 e. The zero-order chi connectivity index (χ0) is 45.4. The molecule has 1 aromatic carbocycles. The van der Waals surface area contributed by atoms with Gasteiger partial charge >= 0.3 is 18.1 Å². The van der Waals surface area contributed by atoms with Gasteiger partial charge < -0.3 is 46.9 Å². The summed E-state index contributed by atoms with van der Waals surface area (Å²) in [6.07, 6.45) is -8.69. The lowest BCUT2D eigenvalue weighted by Gasteiger charge is -2.34. The minimum atomic E-state index is -4.77. The SMILES string of the molecule is Cc1ccccc1C[C@H](NC(=O)[C@@H](NC(=O)[C@H](CC(=O)O)NC(=O)CCC(=O)O)C(C)C)C(=O)N[C@H](C(=O)N[C@@H](CC(C)C)C(=O)NC(C=O)CC(F)(F)F)C(C)(C)C. The van der Waals surface area contributed by atoms with Crippen molar-refractivity contribution in [2.45, 2.75) is 136 Å². The van der Waals surface area contributed by atoms with Crippen molar-refractivity contribution in [1.29, 1.82) is 0 Å². The van der Waals surface area contributed by atoms with Gasteiger partial charge in [0.2, 0.25) is 35.4 Å². The summed E-state index contributed by atoms with van der Waals surface area (Å²) >= 11 is 0. The molecule has 1 aromatic rings. The maximum absolute atomic E-state index is 14.2. The Kier molecular flexibility index (Phi) is 20.2. The van der Waals surface area contributed by atoms with Crippen LogP contribution in [0.5, 0.6) is 0 Å². The lowest BCUT2D eigenvalue weighted by Crippen LogP contribution is -2.62. The highest BCUT2D eigenvalue weighted by Crippen LogP contribution is 2.23. The number of carbonyl (C=O) groups excluding carboxylic acids is 7. The van der Waals surface area contributed by atoms with Crippen molar-refractivity contribution in [3.63, 3.8) is 0 Å². The van der Waals surface area contributed by atoms with Crippen molar-refractivity contribution in [3.8, 4) is 0 Å². The molecule has 0 aliphatic heterocycles. The third kappa shape index (κ3) is 19.2. The van der Waals surface area contributed by atoms with Gasteiger partial charge in [0.25, 0.3) is 0 Å². The number of aryl methyl sites for hydroxylation is 1. The van der Waals surface area contributed by atoms with E-state index in [0.29, 0.717) is 5.56 Å². The van der Waals surface area contributed by atoms with Crippen LogP contribution in [0.1, 0.15) is 91.7 Å². The number of rotatable bonds is 23. The zero-order valence-corrected chi connectivity index (χ0v) is 34.5. The Morgan fingerprint density at radius 3 is 1.75 bits per heavy atom. The van der Waals surface area contributed by atoms with Gasteiger partial charge in [-0.3, -0.25) is 38.4 Å². The van der Waals surface area contributed by atoms with Gasteiger partial charge in [-0.1, -0.05) is 72.7 Å². The highest BCUT2D eigenvalue weighted by atomic mass is 19.4. The van der Waals surface area contributed by atoms with E-state index in [2.05, 4.69) is 26.6 Å². The van der Waals surface area contributed by atoms with Crippen molar-refractivity contribution in [2.75, 3.05) is 0 Å². The van der Waals surface area contributed by atoms with Gasteiger partial charge in [-0.2, -0.15) is 13.2 Å². The van der Waals surface area contributed by atoms with Gasteiger partial charge in [-0.15, -0.1) is 0 Å². The van der Waals surface area contributed by atoms with Gasteiger partial charge in [-0.05, 0) is 41.7 Å². The Hall–Kier alpha value is -5.56.